The van der Waals surface area contributed by atoms with Crippen LogP contribution < -0.4 is 27.0 Å². The number of aryl methyl sites for hydroxylation is 1. The molecular formula is C44H45F2N9O8. The lowest BCUT2D eigenvalue weighted by molar-refractivity contribution is -0.135. The summed E-state index contributed by atoms with van der Waals surface area (Å²) in [5.41, 5.74) is 1.34. The lowest BCUT2D eigenvalue weighted by atomic mass is 10.0. The van der Waals surface area contributed by atoms with Crippen LogP contribution in [0.2, 0.25) is 0 Å². The molecule has 4 aromatic heterocycles. The maximum absolute atomic E-state index is 14.1. The Balaban J connectivity index is 0.812. The van der Waals surface area contributed by atoms with Crippen molar-refractivity contribution in [3.8, 4) is 17.1 Å². The molecule has 4 amide bonds. The second-order valence-electron chi connectivity index (χ2n) is 16.2. The van der Waals surface area contributed by atoms with Crippen LogP contribution in [0.5, 0.6) is 0 Å². The molecule has 4 N–H and O–H groups in total. The minimum absolute atomic E-state index is 0.115. The Morgan fingerprint density at radius 3 is 2.60 bits per heavy atom. The van der Waals surface area contributed by atoms with Crippen molar-refractivity contribution in [3.05, 3.63) is 106 Å². The summed E-state index contributed by atoms with van der Waals surface area (Å²) in [4.78, 5) is 71.7. The molecule has 2 aromatic carbocycles. The van der Waals surface area contributed by atoms with Crippen LogP contribution in [0.25, 0.3) is 28.2 Å². The van der Waals surface area contributed by atoms with Crippen molar-refractivity contribution in [2.45, 2.75) is 76.8 Å². The van der Waals surface area contributed by atoms with Crippen LogP contribution in [0.3, 0.4) is 0 Å². The number of hydrogen-bond donors (Lipinski definition) is 4. The van der Waals surface area contributed by atoms with E-state index in [4.69, 9.17) is 13.6 Å². The number of carbonyl (C=O) groups excluding carboxylic acids is 4. The SMILES string of the molecule is CC(C)(CCOCCCc1cccc2c1oc(=O)n2C1CCC(=O)NC1=O)NC(=O)c1ccc(-n2cc(NC(=O)c3coc(-c4ccnc(NCC5CC5)c4)n3)c(C(F)F)n2)cc1. The topological polar surface area (TPSA) is 218 Å². The zero-order valence-corrected chi connectivity index (χ0v) is 34.5. The number of piperidine rings is 1. The van der Waals surface area contributed by atoms with E-state index < -0.39 is 41.3 Å². The predicted octanol–water partition coefficient (Wildman–Crippen LogP) is 6.37. The largest absolute Gasteiger partial charge is 0.444 e. The number of nitrogens with one attached hydrogen (secondary N) is 4. The molecule has 0 spiro atoms. The summed E-state index contributed by atoms with van der Waals surface area (Å²) in [6.45, 7) is 5.30. The number of aromatic nitrogens is 5. The summed E-state index contributed by atoms with van der Waals surface area (Å²) in [5, 5.41) is 15.0. The van der Waals surface area contributed by atoms with Crippen LogP contribution in [-0.4, -0.2) is 73.2 Å². The van der Waals surface area contributed by atoms with Gasteiger partial charge in [-0.25, -0.2) is 28.2 Å². The summed E-state index contributed by atoms with van der Waals surface area (Å²) in [7, 11) is 0. The summed E-state index contributed by atoms with van der Waals surface area (Å²) in [6.07, 6.45) is 5.38. The maximum atomic E-state index is 14.1. The van der Waals surface area contributed by atoms with Gasteiger partial charge >= 0.3 is 5.76 Å². The molecule has 1 aliphatic carbocycles. The number of anilines is 2. The molecule has 63 heavy (non-hydrogen) atoms. The fraction of sp³-hybridized carbons (Fsp3) is 0.364. The van der Waals surface area contributed by atoms with Crippen LogP contribution in [0.4, 0.5) is 20.3 Å². The molecule has 5 heterocycles. The van der Waals surface area contributed by atoms with Gasteiger partial charge in [-0.2, -0.15) is 5.10 Å². The summed E-state index contributed by atoms with van der Waals surface area (Å²) >= 11 is 0. The minimum Gasteiger partial charge on any atom is -0.444 e. The van der Waals surface area contributed by atoms with Crippen LogP contribution in [0, 0.1) is 5.92 Å². The zero-order valence-electron chi connectivity index (χ0n) is 34.5. The monoisotopic (exact) mass is 865 g/mol. The van der Waals surface area contributed by atoms with Gasteiger partial charge in [0, 0.05) is 49.0 Å². The number of ether oxygens (including phenoxy) is 1. The van der Waals surface area contributed by atoms with Crippen molar-refractivity contribution in [1.82, 2.24) is 34.9 Å². The molecule has 2 fully saturated rings. The fourth-order valence-corrected chi connectivity index (χ4v) is 7.24. The third kappa shape index (κ3) is 10.0. The van der Waals surface area contributed by atoms with Gasteiger partial charge in [0.25, 0.3) is 18.2 Å². The summed E-state index contributed by atoms with van der Waals surface area (Å²) < 4.78 is 47.7. The van der Waals surface area contributed by atoms with E-state index in [1.54, 1.807) is 54.7 Å². The van der Waals surface area contributed by atoms with Gasteiger partial charge in [-0.15, -0.1) is 0 Å². The summed E-state index contributed by atoms with van der Waals surface area (Å²) in [5.74, 6) is -1.22. The van der Waals surface area contributed by atoms with Crippen LogP contribution in [0.15, 0.2) is 86.9 Å². The van der Waals surface area contributed by atoms with Crippen LogP contribution >= 0.6 is 0 Å². The van der Waals surface area contributed by atoms with Gasteiger partial charge < -0.3 is 29.5 Å². The lowest BCUT2D eigenvalue weighted by Crippen LogP contribution is -2.44. The number of benzene rings is 2. The molecule has 2 aliphatic rings. The number of fused-ring (bicyclic) bond motifs is 1. The van der Waals surface area contributed by atoms with E-state index in [0.29, 0.717) is 72.1 Å². The summed E-state index contributed by atoms with van der Waals surface area (Å²) in [6, 6.07) is 14.2. The first-order valence-electron chi connectivity index (χ1n) is 20.6. The molecular weight excluding hydrogens is 821 g/mol. The zero-order chi connectivity index (χ0) is 44.3. The van der Waals surface area contributed by atoms with Crippen molar-refractivity contribution in [2.24, 2.45) is 5.92 Å². The highest BCUT2D eigenvalue weighted by Gasteiger charge is 2.32. The second-order valence-corrected chi connectivity index (χ2v) is 16.2. The molecule has 0 radical (unpaired) electrons. The van der Waals surface area contributed by atoms with Gasteiger partial charge in [-0.3, -0.25) is 29.1 Å². The minimum atomic E-state index is -3.00. The van der Waals surface area contributed by atoms with Gasteiger partial charge in [0.2, 0.25) is 17.7 Å². The van der Waals surface area contributed by atoms with E-state index in [1.165, 1.54) is 28.3 Å². The molecule has 328 valence electrons. The van der Waals surface area contributed by atoms with Crippen molar-refractivity contribution in [3.63, 3.8) is 0 Å². The van der Waals surface area contributed by atoms with E-state index in [-0.39, 0.29) is 41.9 Å². The first kappa shape index (κ1) is 42.7. The normalized spacial score (nSPS) is 15.5. The van der Waals surface area contributed by atoms with Gasteiger partial charge in [0.15, 0.2) is 17.0 Å². The standard InChI is InChI=1S/C44H45F2N9O8/c1-44(2,17-20-61-19-4-6-26-5-3-7-32-37(26)63-43(60)55(32)33-14-15-35(56)51-41(33)59)52-39(57)27-10-12-29(13-11-27)54-23-30(36(53-54)38(45)46)49-40(58)31-24-62-42(50-31)28-16-18-47-34(21-28)48-22-25-8-9-25/h3,5,7,10-13,16,18,21,23-25,33,38H,4,6,8-9,14-15,17,19-20,22H2,1-2H3,(H,47,48)(H,49,58)(H,52,57)(H,51,56,59). The Bertz CT molecular complexity index is 2720. The smallest absolute Gasteiger partial charge is 0.420 e. The Labute approximate surface area is 358 Å². The number of carbonyl (C=O) groups is 4. The molecule has 1 saturated carbocycles. The van der Waals surface area contributed by atoms with E-state index >= 15 is 0 Å². The molecule has 1 aliphatic heterocycles. The number of imide groups is 1. The third-order valence-corrected chi connectivity index (χ3v) is 10.9. The number of nitrogens with zero attached hydrogens (tertiary/aromatic N) is 5. The molecule has 1 unspecified atom stereocenters. The van der Waals surface area contributed by atoms with Gasteiger partial charge in [0.05, 0.1) is 23.1 Å². The van der Waals surface area contributed by atoms with Crippen molar-refractivity contribution < 1.29 is 41.5 Å². The highest BCUT2D eigenvalue weighted by atomic mass is 19.3. The Morgan fingerprint density at radius 2 is 1.84 bits per heavy atom. The van der Waals surface area contributed by atoms with E-state index in [9.17, 15) is 32.8 Å². The first-order valence-corrected chi connectivity index (χ1v) is 20.6. The Hall–Kier alpha value is -7.02. The number of halogens is 2. The molecule has 1 atom stereocenters. The predicted molar refractivity (Wildman–Crippen MR) is 225 cm³/mol. The average molecular weight is 866 g/mol. The molecule has 17 nitrogen and oxygen atoms in total. The Morgan fingerprint density at radius 1 is 1.03 bits per heavy atom. The number of pyridine rings is 1. The number of rotatable bonds is 18. The number of oxazole rings is 2. The fourth-order valence-electron chi connectivity index (χ4n) is 7.24. The molecule has 1 saturated heterocycles. The maximum Gasteiger partial charge on any atom is 0.420 e. The first-order chi connectivity index (χ1) is 30.3. The number of alkyl halides is 2. The number of hydrogen-bond acceptors (Lipinski definition) is 12. The van der Waals surface area contributed by atoms with E-state index in [1.807, 2.05) is 19.9 Å². The highest BCUT2D eigenvalue weighted by Crippen LogP contribution is 2.31. The molecule has 0 bridgehead atoms. The van der Waals surface area contributed by atoms with Gasteiger partial charge in [-0.1, -0.05) is 12.1 Å². The van der Waals surface area contributed by atoms with Crippen molar-refractivity contribution in [2.75, 3.05) is 30.4 Å². The molecule has 19 heteroatoms. The molecule has 8 rings (SSSR count). The number of para-hydroxylation sites is 1. The van der Waals surface area contributed by atoms with Crippen molar-refractivity contribution in [1.29, 1.82) is 0 Å². The quantitative estimate of drug-likeness (QED) is 0.0548. The van der Waals surface area contributed by atoms with Gasteiger partial charge in [-0.05, 0) is 106 Å². The van der Waals surface area contributed by atoms with Crippen LogP contribution in [0.1, 0.15) is 96.9 Å². The molecule has 6 aromatic rings. The van der Waals surface area contributed by atoms with Gasteiger partial charge in [0.1, 0.15) is 18.1 Å². The van der Waals surface area contributed by atoms with Crippen LogP contribution in [-0.2, 0) is 20.7 Å². The van der Waals surface area contributed by atoms with E-state index in [2.05, 4.69) is 36.3 Å². The van der Waals surface area contributed by atoms with E-state index in [0.717, 1.165) is 18.4 Å². The van der Waals surface area contributed by atoms with Crippen molar-refractivity contribution >= 4 is 46.2 Å². The second kappa shape index (κ2) is 18.1. The highest BCUT2D eigenvalue weighted by molar-refractivity contribution is 6.03. The third-order valence-electron chi connectivity index (χ3n) is 10.9. The number of amides is 4. The average Bonchev–Trinajstić information content (AvgIpc) is 3.60. The Kier molecular flexibility index (Phi) is 12.3. The lowest BCUT2D eigenvalue weighted by Gasteiger charge is -2.26.